The summed E-state index contributed by atoms with van der Waals surface area (Å²) in [4.78, 5) is 54.1. The molecule has 1 saturated heterocycles. The van der Waals surface area contributed by atoms with E-state index in [4.69, 9.17) is 15.2 Å². The van der Waals surface area contributed by atoms with Crippen molar-refractivity contribution in [2.24, 2.45) is 17.3 Å². The van der Waals surface area contributed by atoms with E-state index in [1.54, 1.807) is 24.4 Å². The second-order valence-electron chi connectivity index (χ2n) is 18.8. The van der Waals surface area contributed by atoms with Crippen LogP contribution in [0.25, 0.3) is 0 Å². The monoisotopic (exact) mass is 842 g/mol. The van der Waals surface area contributed by atoms with Crippen LogP contribution < -0.4 is 21.7 Å². The number of ketones is 2. The summed E-state index contributed by atoms with van der Waals surface area (Å²) in [5.41, 5.74) is 8.64. The van der Waals surface area contributed by atoms with E-state index in [2.05, 4.69) is 64.9 Å². The molecule has 6 N–H and O–H groups in total. The fraction of sp³-hybridized carbons (Fsp3) is 0.500. The van der Waals surface area contributed by atoms with Crippen molar-refractivity contribution in [1.82, 2.24) is 20.6 Å². The van der Waals surface area contributed by atoms with E-state index in [1.807, 2.05) is 38.4 Å². The van der Waals surface area contributed by atoms with Crippen molar-refractivity contribution in [3.63, 3.8) is 0 Å². The molecule has 5 aliphatic rings. The number of epoxide rings is 1. The highest BCUT2D eigenvalue weighted by atomic mass is 16.7. The van der Waals surface area contributed by atoms with Crippen molar-refractivity contribution in [1.29, 1.82) is 0 Å². The van der Waals surface area contributed by atoms with E-state index in [-0.39, 0.29) is 54.3 Å². The number of nitrogens with zero attached hydrogens (tertiary/aromatic N) is 2. The number of nitrogen functional groups attached to an aromatic ring is 1. The van der Waals surface area contributed by atoms with E-state index >= 15 is 9.59 Å². The van der Waals surface area contributed by atoms with Crippen LogP contribution in [0.15, 0.2) is 83.7 Å². The van der Waals surface area contributed by atoms with Gasteiger partial charge >= 0.3 is 5.97 Å². The molecule has 1 fully saturated rings. The van der Waals surface area contributed by atoms with Crippen LogP contribution in [0.2, 0.25) is 0 Å². The van der Waals surface area contributed by atoms with E-state index in [9.17, 15) is 9.90 Å². The number of esters is 1. The first-order valence-corrected chi connectivity index (χ1v) is 22.4. The number of pyridine rings is 2. The normalized spacial score (nSPS) is 26.6. The number of aromatic nitrogens is 2. The molecule has 6 atom stereocenters. The molecule has 8 rings (SSSR count). The zero-order valence-corrected chi connectivity index (χ0v) is 36.8. The number of hydrogen-bond donors (Lipinski definition) is 5. The van der Waals surface area contributed by atoms with Crippen LogP contribution in [0.3, 0.4) is 0 Å². The third-order valence-electron chi connectivity index (χ3n) is 14.0. The van der Waals surface area contributed by atoms with Gasteiger partial charge in [-0.2, -0.15) is 0 Å². The van der Waals surface area contributed by atoms with Crippen molar-refractivity contribution in [2.75, 3.05) is 37.9 Å². The summed E-state index contributed by atoms with van der Waals surface area (Å²) < 4.78 is 12.7. The molecule has 3 aliphatic carbocycles. The zero-order valence-electron chi connectivity index (χ0n) is 36.8. The Morgan fingerprint density at radius 3 is 2.69 bits per heavy atom. The Morgan fingerprint density at radius 2 is 1.94 bits per heavy atom. The molecule has 12 nitrogen and oxygen atoms in total. The summed E-state index contributed by atoms with van der Waals surface area (Å²) in [6.07, 6.45) is 17.3. The molecule has 0 saturated carbocycles. The number of nitrogens with two attached hydrogens (primary N) is 1. The SMILES string of the molecule is CCN[C@H]1C=C2C=CCC[C@H]2C[C@@H]1COC(=O)[C@]12O[C@@]1(C/C(CO)=C(\C)CCc1ccnc3c1CC[C@@H](NC)N3)C(=O)c1cccc(CC(C)(C)Cc3ccc(N)nc3)c1C2=O. The van der Waals surface area contributed by atoms with Gasteiger partial charge in [-0.05, 0) is 135 Å². The molecule has 0 unspecified atom stereocenters. The Bertz CT molecular complexity index is 2320. The Hall–Kier alpha value is -5.01. The van der Waals surface area contributed by atoms with Crippen molar-refractivity contribution < 1.29 is 29.0 Å². The Morgan fingerprint density at radius 1 is 1.10 bits per heavy atom. The second kappa shape index (κ2) is 17.6. The summed E-state index contributed by atoms with van der Waals surface area (Å²) in [7, 11) is 1.93. The number of carbonyl (C=O) groups is 3. The van der Waals surface area contributed by atoms with Crippen LogP contribution in [0.5, 0.6) is 0 Å². The number of carbonyl (C=O) groups excluding carboxylic acids is 3. The van der Waals surface area contributed by atoms with Gasteiger partial charge in [0.25, 0.3) is 5.60 Å². The lowest BCUT2D eigenvalue weighted by Crippen LogP contribution is -2.52. The molecule has 0 bridgehead atoms. The van der Waals surface area contributed by atoms with Gasteiger partial charge in [0.15, 0.2) is 11.4 Å². The number of aliphatic hydroxyl groups excluding tert-OH is 1. The van der Waals surface area contributed by atoms with Gasteiger partial charge in [0, 0.05) is 41.9 Å². The number of aryl methyl sites for hydroxylation is 1. The minimum Gasteiger partial charge on any atom is -0.463 e. The number of likely N-dealkylation sites (N-methyl/N-ethyl adjacent to an activating group) is 1. The molecule has 0 spiro atoms. The fourth-order valence-corrected chi connectivity index (χ4v) is 10.6. The third kappa shape index (κ3) is 8.18. The lowest BCUT2D eigenvalue weighted by atomic mass is 9.68. The molecule has 0 amide bonds. The molecule has 328 valence electrons. The number of benzene rings is 1. The van der Waals surface area contributed by atoms with Gasteiger partial charge in [-0.25, -0.2) is 14.8 Å². The van der Waals surface area contributed by atoms with Crippen molar-refractivity contribution >= 4 is 29.2 Å². The first-order chi connectivity index (χ1) is 29.8. The minimum absolute atomic E-state index is 0.0169. The highest BCUT2D eigenvalue weighted by molar-refractivity contribution is 6.33. The topological polar surface area (TPSA) is 181 Å². The number of anilines is 2. The average Bonchev–Trinajstić information content (AvgIpc) is 3.97. The number of allylic oxidation sites excluding steroid dienone is 4. The largest absolute Gasteiger partial charge is 0.463 e. The standard InChI is InChI=1S/C50H62N6O6/c1-6-53-40-23-34-11-8-7-10-33(34)22-36(40)29-61-47(60)50-45(59)43-35(25-48(3,4)24-31-15-18-41(51)55-27-31)12-9-13-39(43)44(58)49(50,62-50)26-37(28-57)30(2)14-16-32-20-21-54-46-38(32)17-19-42(52-5)56-46/h8-9,11-13,15,18,20-21,23,27,33,36,40,42,52-53,57H,6-7,10,14,16-17,19,22,24-26,28-29H2,1-5H3,(H2,51,55)(H,54,56)/b37-30-/t33-,36+,40-,42-,49-,50-/m0/s1. The summed E-state index contributed by atoms with van der Waals surface area (Å²) >= 11 is 0. The molecule has 1 aromatic carbocycles. The van der Waals surface area contributed by atoms with E-state index in [0.29, 0.717) is 48.6 Å². The van der Waals surface area contributed by atoms with Gasteiger partial charge in [-0.15, -0.1) is 0 Å². The van der Waals surface area contributed by atoms with Gasteiger partial charge in [0.1, 0.15) is 11.6 Å². The quantitative estimate of drug-likeness (QED) is 0.0463. The summed E-state index contributed by atoms with van der Waals surface area (Å²) in [5, 5.41) is 21.3. The van der Waals surface area contributed by atoms with Gasteiger partial charge < -0.3 is 36.3 Å². The molecular formula is C50H62N6O6. The number of rotatable bonds is 16. The Labute approximate surface area is 365 Å². The predicted octanol–water partition coefficient (Wildman–Crippen LogP) is 6.43. The fourth-order valence-electron chi connectivity index (χ4n) is 10.6. The number of nitrogens with one attached hydrogen (secondary N) is 3. The number of aliphatic hydroxyl groups is 1. The van der Waals surface area contributed by atoms with Crippen LogP contribution >= 0.6 is 0 Å². The van der Waals surface area contributed by atoms with E-state index < -0.39 is 28.7 Å². The van der Waals surface area contributed by atoms with Crippen LogP contribution in [0.1, 0.15) is 109 Å². The van der Waals surface area contributed by atoms with Crippen LogP contribution in [0, 0.1) is 17.3 Å². The molecule has 4 heterocycles. The minimum atomic E-state index is -2.18. The molecule has 12 heteroatoms. The van der Waals surface area contributed by atoms with Gasteiger partial charge in [-0.1, -0.05) is 68.8 Å². The van der Waals surface area contributed by atoms with Gasteiger partial charge in [-0.3, -0.25) is 9.59 Å². The second-order valence-corrected chi connectivity index (χ2v) is 18.8. The number of ether oxygens (including phenoxy) is 2. The summed E-state index contributed by atoms with van der Waals surface area (Å²) in [6.45, 7) is 8.66. The maximum atomic E-state index is 15.3. The Balaban J connectivity index is 1.11. The average molecular weight is 843 g/mol. The highest BCUT2D eigenvalue weighted by Gasteiger charge is 2.85. The maximum absolute atomic E-state index is 15.3. The van der Waals surface area contributed by atoms with Crippen LogP contribution in [-0.4, -0.2) is 82.8 Å². The number of hydrogen-bond acceptors (Lipinski definition) is 12. The van der Waals surface area contributed by atoms with Gasteiger partial charge in [0.2, 0.25) is 5.78 Å². The molecule has 2 aliphatic heterocycles. The number of Topliss-reactive ketones (excluding diaryl/α,β-unsaturated/α-hetero) is 2. The lowest BCUT2D eigenvalue weighted by Gasteiger charge is -2.36. The molecular weight excluding hydrogens is 781 g/mol. The molecule has 0 radical (unpaired) electrons. The smallest absolute Gasteiger partial charge is 0.350 e. The summed E-state index contributed by atoms with van der Waals surface area (Å²) in [5.74, 6) is -0.197. The Kier molecular flexibility index (Phi) is 12.4. The van der Waals surface area contributed by atoms with Crippen molar-refractivity contribution in [2.45, 2.75) is 115 Å². The summed E-state index contributed by atoms with van der Waals surface area (Å²) in [6, 6.07) is 11.1. The maximum Gasteiger partial charge on any atom is 0.350 e. The van der Waals surface area contributed by atoms with Crippen LogP contribution in [-0.2, 0) is 40.0 Å². The van der Waals surface area contributed by atoms with Crippen molar-refractivity contribution in [3.8, 4) is 0 Å². The van der Waals surface area contributed by atoms with E-state index in [1.165, 1.54) is 16.7 Å². The number of fused-ring (bicyclic) bond motifs is 4. The lowest BCUT2D eigenvalue weighted by molar-refractivity contribution is -0.150. The first-order valence-electron chi connectivity index (χ1n) is 22.4. The first kappa shape index (κ1) is 43.6. The molecule has 3 aromatic rings. The molecule has 62 heavy (non-hydrogen) atoms. The molecule has 2 aromatic heterocycles. The van der Waals surface area contributed by atoms with E-state index in [0.717, 1.165) is 55.6 Å². The zero-order chi connectivity index (χ0) is 43.8. The van der Waals surface area contributed by atoms with Gasteiger partial charge in [0.05, 0.1) is 19.4 Å². The van der Waals surface area contributed by atoms with Crippen molar-refractivity contribution in [3.05, 3.63) is 117 Å². The van der Waals surface area contributed by atoms with Crippen LogP contribution in [0.4, 0.5) is 11.6 Å². The third-order valence-corrected chi connectivity index (χ3v) is 14.0. The highest BCUT2D eigenvalue weighted by Crippen LogP contribution is 2.60. The predicted molar refractivity (Wildman–Crippen MR) is 240 cm³/mol.